The summed E-state index contributed by atoms with van der Waals surface area (Å²) in [5, 5.41) is 3.99. The number of hydrogen-bond acceptors (Lipinski definition) is 3. The molecule has 0 aromatic carbocycles. The van der Waals surface area contributed by atoms with Gasteiger partial charge in [0.1, 0.15) is 0 Å². The zero-order chi connectivity index (χ0) is 9.26. The predicted molar refractivity (Wildman–Crippen MR) is 53.9 cm³/mol. The van der Waals surface area contributed by atoms with E-state index in [-0.39, 0.29) is 0 Å². The van der Waals surface area contributed by atoms with Crippen molar-refractivity contribution in [2.75, 3.05) is 5.32 Å². The number of nitrogens with two attached hydrogens (primary N) is 1. The molecule has 1 aliphatic rings. The first-order valence-corrected chi connectivity index (χ1v) is 4.75. The van der Waals surface area contributed by atoms with E-state index in [4.69, 9.17) is 17.3 Å². The molecule has 1 aliphatic carbocycles. The second-order valence-corrected chi connectivity index (χ2v) is 3.84. The molecule has 1 saturated carbocycles. The number of nitrogens with one attached hydrogen (secondary N) is 1. The van der Waals surface area contributed by atoms with Gasteiger partial charge in [0.2, 0.25) is 0 Å². The lowest BCUT2D eigenvalue weighted by Gasteiger charge is -2.33. The van der Waals surface area contributed by atoms with Crippen LogP contribution in [0.4, 0.5) is 5.69 Å². The van der Waals surface area contributed by atoms with Crippen molar-refractivity contribution in [2.45, 2.75) is 24.9 Å². The molecule has 4 heteroatoms. The van der Waals surface area contributed by atoms with E-state index in [0.29, 0.717) is 17.1 Å². The van der Waals surface area contributed by atoms with E-state index < -0.39 is 0 Å². The maximum absolute atomic E-state index is 5.93. The van der Waals surface area contributed by atoms with Gasteiger partial charge in [0.25, 0.3) is 0 Å². The standard InChI is InChI=1S/C9H12ClN3/c10-8-5-12-2-1-9(8)13-7-3-6(11)4-7/h1-2,5-7H,3-4,11H2,(H,12,13). The topological polar surface area (TPSA) is 50.9 Å². The first-order valence-electron chi connectivity index (χ1n) is 4.37. The van der Waals surface area contributed by atoms with E-state index in [2.05, 4.69) is 10.3 Å². The lowest BCUT2D eigenvalue weighted by atomic mass is 9.87. The molecule has 1 heterocycles. The average Bonchev–Trinajstić information content (AvgIpc) is 2.06. The van der Waals surface area contributed by atoms with Crippen LogP contribution >= 0.6 is 11.6 Å². The van der Waals surface area contributed by atoms with Crippen molar-refractivity contribution in [3.8, 4) is 0 Å². The molecule has 0 saturated heterocycles. The molecule has 3 N–H and O–H groups in total. The van der Waals surface area contributed by atoms with Crippen molar-refractivity contribution >= 4 is 17.3 Å². The van der Waals surface area contributed by atoms with E-state index >= 15 is 0 Å². The van der Waals surface area contributed by atoms with Crippen LogP contribution in [0.1, 0.15) is 12.8 Å². The fraction of sp³-hybridized carbons (Fsp3) is 0.444. The minimum absolute atomic E-state index is 0.359. The number of halogens is 1. The third kappa shape index (κ3) is 1.92. The normalized spacial score (nSPS) is 26.6. The molecule has 13 heavy (non-hydrogen) atoms. The Morgan fingerprint density at radius 1 is 1.54 bits per heavy atom. The van der Waals surface area contributed by atoms with Crippen LogP contribution in [0.3, 0.4) is 0 Å². The van der Waals surface area contributed by atoms with E-state index in [1.807, 2.05) is 6.07 Å². The Labute approximate surface area is 82.3 Å². The first kappa shape index (κ1) is 8.78. The molecule has 0 radical (unpaired) electrons. The molecule has 1 aromatic rings. The smallest absolute Gasteiger partial charge is 0.0820 e. The van der Waals surface area contributed by atoms with Crippen molar-refractivity contribution < 1.29 is 0 Å². The van der Waals surface area contributed by atoms with Gasteiger partial charge in [0.05, 0.1) is 10.7 Å². The molecule has 1 fully saturated rings. The van der Waals surface area contributed by atoms with E-state index in [9.17, 15) is 0 Å². The Hall–Kier alpha value is -0.800. The Balaban J connectivity index is 1.98. The first-order chi connectivity index (χ1) is 6.25. The summed E-state index contributed by atoms with van der Waals surface area (Å²) < 4.78 is 0. The average molecular weight is 198 g/mol. The summed E-state index contributed by atoms with van der Waals surface area (Å²) in [6, 6.07) is 2.72. The number of nitrogens with zero attached hydrogens (tertiary/aromatic N) is 1. The van der Waals surface area contributed by atoms with Crippen LogP contribution in [0.15, 0.2) is 18.5 Å². The van der Waals surface area contributed by atoms with Crippen molar-refractivity contribution in [1.29, 1.82) is 0 Å². The molecule has 0 atom stereocenters. The zero-order valence-electron chi connectivity index (χ0n) is 7.20. The highest BCUT2D eigenvalue weighted by Gasteiger charge is 2.25. The van der Waals surface area contributed by atoms with Crippen LogP contribution in [0.2, 0.25) is 5.02 Å². The van der Waals surface area contributed by atoms with Gasteiger partial charge in [-0.3, -0.25) is 4.98 Å². The molecule has 2 rings (SSSR count). The largest absolute Gasteiger partial charge is 0.381 e. The van der Waals surface area contributed by atoms with Gasteiger partial charge in [0, 0.05) is 24.5 Å². The van der Waals surface area contributed by atoms with Gasteiger partial charge in [-0.05, 0) is 18.9 Å². The summed E-state index contributed by atoms with van der Waals surface area (Å²) in [5.74, 6) is 0. The molecule has 0 unspecified atom stereocenters. The molecule has 0 bridgehead atoms. The highest BCUT2D eigenvalue weighted by molar-refractivity contribution is 6.33. The van der Waals surface area contributed by atoms with E-state index in [1.54, 1.807) is 12.4 Å². The van der Waals surface area contributed by atoms with Crippen LogP contribution < -0.4 is 11.1 Å². The van der Waals surface area contributed by atoms with E-state index in [0.717, 1.165) is 18.5 Å². The molecule has 0 aliphatic heterocycles. The summed E-state index contributed by atoms with van der Waals surface area (Å²) in [6.45, 7) is 0. The lowest BCUT2D eigenvalue weighted by Crippen LogP contribution is -2.44. The molecule has 1 aromatic heterocycles. The molecular weight excluding hydrogens is 186 g/mol. The Bertz CT molecular complexity index is 297. The van der Waals surface area contributed by atoms with Crippen LogP contribution in [0.5, 0.6) is 0 Å². The van der Waals surface area contributed by atoms with Gasteiger partial charge in [0.15, 0.2) is 0 Å². The quantitative estimate of drug-likeness (QED) is 0.758. The predicted octanol–water partition coefficient (Wildman–Crippen LogP) is 1.64. The third-order valence-corrected chi connectivity index (χ3v) is 2.61. The highest BCUT2D eigenvalue weighted by atomic mass is 35.5. The highest BCUT2D eigenvalue weighted by Crippen LogP contribution is 2.26. The number of hydrogen-bond donors (Lipinski definition) is 2. The number of anilines is 1. The van der Waals surface area contributed by atoms with E-state index in [1.165, 1.54) is 0 Å². The Morgan fingerprint density at radius 3 is 2.92 bits per heavy atom. The fourth-order valence-electron chi connectivity index (χ4n) is 1.49. The molecule has 70 valence electrons. The molecule has 0 spiro atoms. The van der Waals surface area contributed by atoms with Crippen molar-refractivity contribution in [1.82, 2.24) is 4.98 Å². The molecular formula is C9H12ClN3. The zero-order valence-corrected chi connectivity index (χ0v) is 7.96. The van der Waals surface area contributed by atoms with Crippen LogP contribution in [-0.4, -0.2) is 17.1 Å². The second kappa shape index (κ2) is 3.52. The van der Waals surface area contributed by atoms with Gasteiger partial charge >= 0.3 is 0 Å². The Kier molecular flexibility index (Phi) is 2.38. The number of pyridine rings is 1. The third-order valence-electron chi connectivity index (χ3n) is 2.31. The summed E-state index contributed by atoms with van der Waals surface area (Å²) in [6.07, 6.45) is 5.42. The van der Waals surface area contributed by atoms with Crippen molar-refractivity contribution in [3.05, 3.63) is 23.5 Å². The fourth-order valence-corrected chi connectivity index (χ4v) is 1.67. The van der Waals surface area contributed by atoms with Gasteiger partial charge in [-0.2, -0.15) is 0 Å². The maximum Gasteiger partial charge on any atom is 0.0820 e. The number of aromatic nitrogens is 1. The second-order valence-electron chi connectivity index (χ2n) is 3.43. The summed E-state index contributed by atoms with van der Waals surface area (Å²) >= 11 is 5.93. The van der Waals surface area contributed by atoms with Gasteiger partial charge in [-0.1, -0.05) is 11.6 Å². The SMILES string of the molecule is NC1CC(Nc2ccncc2Cl)C1. The lowest BCUT2D eigenvalue weighted by molar-refractivity contribution is 0.373. The summed E-state index contributed by atoms with van der Waals surface area (Å²) in [7, 11) is 0. The Morgan fingerprint density at radius 2 is 2.31 bits per heavy atom. The van der Waals surface area contributed by atoms with Crippen LogP contribution in [-0.2, 0) is 0 Å². The van der Waals surface area contributed by atoms with Crippen LogP contribution in [0, 0.1) is 0 Å². The molecule has 3 nitrogen and oxygen atoms in total. The minimum Gasteiger partial charge on any atom is -0.381 e. The summed E-state index contributed by atoms with van der Waals surface area (Å²) in [4.78, 5) is 3.91. The van der Waals surface area contributed by atoms with Gasteiger partial charge < -0.3 is 11.1 Å². The van der Waals surface area contributed by atoms with Crippen molar-refractivity contribution in [3.63, 3.8) is 0 Å². The summed E-state index contributed by atoms with van der Waals surface area (Å²) in [5.41, 5.74) is 6.63. The van der Waals surface area contributed by atoms with Gasteiger partial charge in [-0.25, -0.2) is 0 Å². The van der Waals surface area contributed by atoms with Crippen molar-refractivity contribution in [2.24, 2.45) is 5.73 Å². The van der Waals surface area contributed by atoms with Gasteiger partial charge in [-0.15, -0.1) is 0 Å². The van der Waals surface area contributed by atoms with Crippen LogP contribution in [0.25, 0.3) is 0 Å². The number of rotatable bonds is 2. The maximum atomic E-state index is 5.93. The minimum atomic E-state index is 0.359. The molecule has 0 amide bonds. The monoisotopic (exact) mass is 197 g/mol.